The van der Waals surface area contributed by atoms with Gasteiger partial charge in [-0.15, -0.1) is 0 Å². The first-order valence-electron chi connectivity index (χ1n) is 4.93. The SMILES string of the molecule is CC1CCCN1CN1CCOC1=S. The maximum atomic E-state index is 5.24. The van der Waals surface area contributed by atoms with Gasteiger partial charge >= 0.3 is 0 Å². The molecule has 0 aromatic rings. The third-order valence-electron chi connectivity index (χ3n) is 2.89. The van der Waals surface area contributed by atoms with Crippen molar-refractivity contribution in [1.29, 1.82) is 0 Å². The Morgan fingerprint density at radius 2 is 2.38 bits per heavy atom. The molecular weight excluding hydrogens is 184 g/mol. The van der Waals surface area contributed by atoms with Crippen LogP contribution in [0.5, 0.6) is 0 Å². The van der Waals surface area contributed by atoms with Gasteiger partial charge in [-0.05, 0) is 32.0 Å². The standard InChI is InChI=1S/C9H16N2OS/c1-8-3-2-4-10(8)7-11-5-6-12-9(11)13/h8H,2-7H2,1H3. The van der Waals surface area contributed by atoms with Crippen molar-refractivity contribution in [2.45, 2.75) is 25.8 Å². The quantitative estimate of drug-likeness (QED) is 0.619. The van der Waals surface area contributed by atoms with Crippen LogP contribution < -0.4 is 0 Å². The lowest BCUT2D eigenvalue weighted by atomic mass is 10.2. The van der Waals surface area contributed by atoms with Crippen LogP contribution in [0.4, 0.5) is 0 Å². The molecule has 74 valence electrons. The van der Waals surface area contributed by atoms with Crippen LogP contribution in [0.25, 0.3) is 0 Å². The van der Waals surface area contributed by atoms with Gasteiger partial charge in [-0.25, -0.2) is 0 Å². The third-order valence-corrected chi connectivity index (χ3v) is 3.26. The lowest BCUT2D eigenvalue weighted by Crippen LogP contribution is -2.39. The van der Waals surface area contributed by atoms with Crippen molar-refractivity contribution >= 4 is 17.4 Å². The number of thiocarbonyl (C=S) groups is 1. The minimum Gasteiger partial charge on any atom is -0.469 e. The maximum absolute atomic E-state index is 5.24. The van der Waals surface area contributed by atoms with E-state index in [1.807, 2.05) is 0 Å². The van der Waals surface area contributed by atoms with Crippen LogP contribution in [0.2, 0.25) is 0 Å². The molecule has 0 aliphatic carbocycles. The normalized spacial score (nSPS) is 29.8. The number of hydrogen-bond acceptors (Lipinski definition) is 3. The Labute approximate surface area is 84.6 Å². The van der Waals surface area contributed by atoms with E-state index in [0.717, 1.165) is 19.8 Å². The summed E-state index contributed by atoms with van der Waals surface area (Å²) in [6.07, 6.45) is 2.64. The molecular formula is C9H16N2OS. The van der Waals surface area contributed by atoms with Crippen molar-refractivity contribution in [3.8, 4) is 0 Å². The second-order valence-electron chi connectivity index (χ2n) is 3.82. The molecule has 0 amide bonds. The molecule has 1 atom stereocenters. The number of likely N-dealkylation sites (tertiary alicyclic amines) is 1. The van der Waals surface area contributed by atoms with Crippen LogP contribution in [0.1, 0.15) is 19.8 Å². The molecule has 0 N–H and O–H groups in total. The topological polar surface area (TPSA) is 15.7 Å². The van der Waals surface area contributed by atoms with Crippen LogP contribution in [0, 0.1) is 0 Å². The van der Waals surface area contributed by atoms with Crippen LogP contribution in [0.3, 0.4) is 0 Å². The summed E-state index contributed by atoms with van der Waals surface area (Å²) < 4.78 is 5.24. The fraction of sp³-hybridized carbons (Fsp3) is 0.889. The molecule has 2 fully saturated rings. The summed E-state index contributed by atoms with van der Waals surface area (Å²) in [5.41, 5.74) is 0. The second-order valence-corrected chi connectivity index (χ2v) is 4.17. The van der Waals surface area contributed by atoms with Crippen LogP contribution >= 0.6 is 12.2 Å². The Kier molecular flexibility index (Phi) is 2.69. The Bertz CT molecular complexity index is 210. The molecule has 0 bridgehead atoms. The maximum Gasteiger partial charge on any atom is 0.260 e. The molecule has 2 aliphatic heterocycles. The molecule has 1 unspecified atom stereocenters. The monoisotopic (exact) mass is 200 g/mol. The van der Waals surface area contributed by atoms with Crippen LogP contribution in [-0.4, -0.2) is 47.4 Å². The molecule has 13 heavy (non-hydrogen) atoms. The van der Waals surface area contributed by atoms with E-state index >= 15 is 0 Å². The van der Waals surface area contributed by atoms with E-state index in [2.05, 4.69) is 16.7 Å². The van der Waals surface area contributed by atoms with E-state index in [1.165, 1.54) is 19.4 Å². The molecule has 0 saturated carbocycles. The summed E-state index contributed by atoms with van der Waals surface area (Å²) in [5, 5.41) is 0.680. The minimum atomic E-state index is 0.680. The van der Waals surface area contributed by atoms with Gasteiger partial charge in [0.1, 0.15) is 6.61 Å². The van der Waals surface area contributed by atoms with Crippen LogP contribution in [-0.2, 0) is 4.74 Å². The average molecular weight is 200 g/mol. The lowest BCUT2D eigenvalue weighted by Gasteiger charge is -2.26. The van der Waals surface area contributed by atoms with Crippen molar-refractivity contribution < 1.29 is 4.74 Å². The van der Waals surface area contributed by atoms with E-state index in [-0.39, 0.29) is 0 Å². The molecule has 3 nitrogen and oxygen atoms in total. The van der Waals surface area contributed by atoms with Crippen LogP contribution in [0.15, 0.2) is 0 Å². The molecule has 2 heterocycles. The molecule has 0 radical (unpaired) electrons. The van der Waals surface area contributed by atoms with Gasteiger partial charge in [0, 0.05) is 12.6 Å². The van der Waals surface area contributed by atoms with Gasteiger partial charge < -0.3 is 9.64 Å². The Balaban J connectivity index is 1.86. The highest BCUT2D eigenvalue weighted by Crippen LogP contribution is 2.17. The van der Waals surface area contributed by atoms with E-state index in [1.54, 1.807) is 0 Å². The zero-order chi connectivity index (χ0) is 9.26. The first-order chi connectivity index (χ1) is 6.27. The fourth-order valence-electron chi connectivity index (χ4n) is 1.98. The summed E-state index contributed by atoms with van der Waals surface area (Å²) in [5.74, 6) is 0. The van der Waals surface area contributed by atoms with E-state index in [0.29, 0.717) is 11.2 Å². The van der Waals surface area contributed by atoms with E-state index in [4.69, 9.17) is 17.0 Å². The Hall–Kier alpha value is -0.350. The highest BCUT2D eigenvalue weighted by molar-refractivity contribution is 7.80. The third kappa shape index (κ3) is 1.94. The highest BCUT2D eigenvalue weighted by Gasteiger charge is 2.25. The number of nitrogens with zero attached hydrogens (tertiary/aromatic N) is 2. The number of rotatable bonds is 2. The summed E-state index contributed by atoms with van der Waals surface area (Å²) in [7, 11) is 0. The summed E-state index contributed by atoms with van der Waals surface area (Å²) >= 11 is 5.09. The van der Waals surface area contributed by atoms with Gasteiger partial charge in [0.15, 0.2) is 0 Å². The first kappa shape index (κ1) is 9.21. The smallest absolute Gasteiger partial charge is 0.260 e. The zero-order valence-corrected chi connectivity index (χ0v) is 8.85. The minimum absolute atomic E-state index is 0.680. The highest BCUT2D eigenvalue weighted by atomic mass is 32.1. The van der Waals surface area contributed by atoms with Gasteiger partial charge in [-0.1, -0.05) is 0 Å². The van der Waals surface area contributed by atoms with Gasteiger partial charge in [0.2, 0.25) is 0 Å². The van der Waals surface area contributed by atoms with Gasteiger partial charge in [-0.2, -0.15) is 0 Å². The van der Waals surface area contributed by atoms with Crippen molar-refractivity contribution in [1.82, 2.24) is 9.80 Å². The van der Waals surface area contributed by atoms with Gasteiger partial charge in [-0.3, -0.25) is 4.90 Å². The molecule has 2 rings (SSSR count). The van der Waals surface area contributed by atoms with Crippen molar-refractivity contribution in [3.05, 3.63) is 0 Å². The molecule has 2 saturated heterocycles. The van der Waals surface area contributed by atoms with Crippen molar-refractivity contribution in [3.63, 3.8) is 0 Å². The van der Waals surface area contributed by atoms with E-state index in [9.17, 15) is 0 Å². The lowest BCUT2D eigenvalue weighted by molar-refractivity contribution is 0.191. The number of ether oxygens (including phenoxy) is 1. The summed E-state index contributed by atoms with van der Waals surface area (Å²) in [4.78, 5) is 4.62. The first-order valence-corrected chi connectivity index (χ1v) is 5.34. The van der Waals surface area contributed by atoms with E-state index < -0.39 is 0 Å². The predicted molar refractivity (Wildman–Crippen MR) is 55.5 cm³/mol. The van der Waals surface area contributed by atoms with Gasteiger partial charge in [0.25, 0.3) is 5.17 Å². The average Bonchev–Trinajstić information content (AvgIpc) is 2.65. The molecule has 0 aromatic carbocycles. The van der Waals surface area contributed by atoms with Crippen molar-refractivity contribution in [2.24, 2.45) is 0 Å². The largest absolute Gasteiger partial charge is 0.469 e. The summed E-state index contributed by atoms with van der Waals surface area (Å²) in [6, 6.07) is 0.711. The Morgan fingerprint density at radius 1 is 1.54 bits per heavy atom. The van der Waals surface area contributed by atoms with Gasteiger partial charge in [0.05, 0.1) is 13.2 Å². The zero-order valence-electron chi connectivity index (χ0n) is 8.03. The molecule has 0 aromatic heterocycles. The molecule has 0 spiro atoms. The summed E-state index contributed by atoms with van der Waals surface area (Å²) in [6.45, 7) is 6.18. The second kappa shape index (κ2) is 3.80. The molecule has 2 aliphatic rings. The Morgan fingerprint density at radius 3 is 2.92 bits per heavy atom. The fourth-order valence-corrected chi connectivity index (χ4v) is 2.21. The number of hydrogen-bond donors (Lipinski definition) is 0. The molecule has 4 heteroatoms. The van der Waals surface area contributed by atoms with Crippen molar-refractivity contribution in [2.75, 3.05) is 26.4 Å². The predicted octanol–water partition coefficient (Wildman–Crippen LogP) is 1.05.